The second kappa shape index (κ2) is 4.07. The van der Waals surface area contributed by atoms with E-state index in [1.54, 1.807) is 0 Å². The van der Waals surface area contributed by atoms with Gasteiger partial charge in [-0.3, -0.25) is 4.79 Å². The molecule has 1 fully saturated rings. The molecular weight excluding hydrogens is 166 g/mol. The van der Waals surface area contributed by atoms with Gasteiger partial charge in [-0.1, -0.05) is 13.8 Å². The summed E-state index contributed by atoms with van der Waals surface area (Å²) in [4.78, 5) is 12.9. The third kappa shape index (κ3) is 2.67. The molecule has 4 nitrogen and oxygen atoms in total. The zero-order valence-electron chi connectivity index (χ0n) is 8.36. The first-order valence-electron chi connectivity index (χ1n) is 4.78. The number of primary amides is 1. The number of carbonyl (C=O) groups excluding carboxylic acids is 1. The lowest BCUT2D eigenvalue weighted by Crippen LogP contribution is -2.45. The quantitative estimate of drug-likeness (QED) is 0.616. The first-order valence-corrected chi connectivity index (χ1v) is 4.78. The minimum atomic E-state index is -0.516. The molecule has 1 aliphatic heterocycles. The van der Waals surface area contributed by atoms with Crippen molar-refractivity contribution in [2.45, 2.75) is 19.9 Å². The van der Waals surface area contributed by atoms with Gasteiger partial charge in [-0.2, -0.15) is 0 Å². The van der Waals surface area contributed by atoms with Crippen molar-refractivity contribution >= 4 is 5.91 Å². The Morgan fingerprint density at radius 1 is 1.46 bits per heavy atom. The SMILES string of the molecule is CC1CN(CC(N)C(N)=O)CC1C. The molecule has 0 saturated carbocycles. The monoisotopic (exact) mass is 185 g/mol. The van der Waals surface area contributed by atoms with Gasteiger partial charge < -0.3 is 16.4 Å². The number of amides is 1. The first kappa shape index (κ1) is 10.5. The Balaban J connectivity index is 2.35. The third-order valence-electron chi connectivity index (χ3n) is 2.88. The van der Waals surface area contributed by atoms with Crippen LogP contribution in [0.2, 0.25) is 0 Å². The first-order chi connectivity index (χ1) is 6.00. The molecule has 0 radical (unpaired) electrons. The van der Waals surface area contributed by atoms with E-state index in [9.17, 15) is 4.79 Å². The highest BCUT2D eigenvalue weighted by molar-refractivity contribution is 5.79. The van der Waals surface area contributed by atoms with Gasteiger partial charge in [0.25, 0.3) is 0 Å². The molecule has 4 heteroatoms. The summed E-state index contributed by atoms with van der Waals surface area (Å²) in [7, 11) is 0. The fourth-order valence-corrected chi connectivity index (χ4v) is 1.77. The van der Waals surface area contributed by atoms with E-state index < -0.39 is 11.9 Å². The van der Waals surface area contributed by atoms with Crippen LogP contribution in [0.1, 0.15) is 13.8 Å². The Morgan fingerprint density at radius 2 is 1.92 bits per heavy atom. The Hall–Kier alpha value is -0.610. The summed E-state index contributed by atoms with van der Waals surface area (Å²) in [5, 5.41) is 0. The lowest BCUT2D eigenvalue weighted by Gasteiger charge is -2.18. The molecule has 0 aromatic rings. The molecule has 1 aliphatic rings. The van der Waals surface area contributed by atoms with E-state index in [-0.39, 0.29) is 0 Å². The van der Waals surface area contributed by atoms with Gasteiger partial charge in [0.2, 0.25) is 5.91 Å². The van der Waals surface area contributed by atoms with Crippen LogP contribution in [-0.4, -0.2) is 36.5 Å². The van der Waals surface area contributed by atoms with Crippen LogP contribution < -0.4 is 11.5 Å². The molecule has 1 rings (SSSR count). The molecule has 0 bridgehead atoms. The van der Waals surface area contributed by atoms with Crippen LogP contribution in [0.4, 0.5) is 0 Å². The van der Waals surface area contributed by atoms with Gasteiger partial charge in [0, 0.05) is 19.6 Å². The zero-order valence-corrected chi connectivity index (χ0v) is 8.36. The molecule has 0 spiro atoms. The largest absolute Gasteiger partial charge is 0.368 e. The third-order valence-corrected chi connectivity index (χ3v) is 2.88. The molecular formula is C9H19N3O. The Morgan fingerprint density at radius 3 is 2.31 bits per heavy atom. The number of hydrogen-bond acceptors (Lipinski definition) is 3. The fourth-order valence-electron chi connectivity index (χ4n) is 1.77. The highest BCUT2D eigenvalue weighted by Gasteiger charge is 2.27. The van der Waals surface area contributed by atoms with Crippen LogP contribution in [-0.2, 0) is 4.79 Å². The van der Waals surface area contributed by atoms with Crippen LogP contribution in [0.5, 0.6) is 0 Å². The molecule has 1 amide bonds. The smallest absolute Gasteiger partial charge is 0.235 e. The Labute approximate surface area is 79.3 Å². The summed E-state index contributed by atoms with van der Waals surface area (Å²) >= 11 is 0. The van der Waals surface area contributed by atoms with Gasteiger partial charge in [0.15, 0.2) is 0 Å². The van der Waals surface area contributed by atoms with Crippen molar-refractivity contribution in [1.29, 1.82) is 0 Å². The predicted molar refractivity (Wildman–Crippen MR) is 51.9 cm³/mol. The summed E-state index contributed by atoms with van der Waals surface area (Å²) in [6.45, 7) is 7.11. The topological polar surface area (TPSA) is 72.3 Å². The van der Waals surface area contributed by atoms with Gasteiger partial charge in [-0.05, 0) is 11.8 Å². The summed E-state index contributed by atoms with van der Waals surface area (Å²) in [5.74, 6) is 0.979. The van der Waals surface area contributed by atoms with Gasteiger partial charge in [-0.25, -0.2) is 0 Å². The predicted octanol–water partition coefficient (Wildman–Crippen LogP) is -0.613. The lowest BCUT2D eigenvalue weighted by atomic mass is 10.0. The summed E-state index contributed by atoms with van der Waals surface area (Å²) in [6, 6.07) is -0.516. The lowest BCUT2D eigenvalue weighted by molar-refractivity contribution is -0.119. The maximum absolute atomic E-state index is 10.7. The number of carbonyl (C=O) groups is 1. The second-order valence-electron chi connectivity index (χ2n) is 4.18. The summed E-state index contributed by atoms with van der Waals surface area (Å²) < 4.78 is 0. The Bertz CT molecular complexity index is 185. The van der Waals surface area contributed by atoms with Gasteiger partial charge >= 0.3 is 0 Å². The second-order valence-corrected chi connectivity index (χ2v) is 4.18. The van der Waals surface area contributed by atoms with Crippen LogP contribution >= 0.6 is 0 Å². The van der Waals surface area contributed by atoms with Crippen molar-refractivity contribution in [2.75, 3.05) is 19.6 Å². The van der Waals surface area contributed by atoms with Crippen molar-refractivity contribution in [3.8, 4) is 0 Å². The van der Waals surface area contributed by atoms with Crippen molar-refractivity contribution in [3.63, 3.8) is 0 Å². The number of nitrogens with zero attached hydrogens (tertiary/aromatic N) is 1. The molecule has 13 heavy (non-hydrogen) atoms. The molecule has 0 aromatic carbocycles. The van der Waals surface area contributed by atoms with E-state index in [4.69, 9.17) is 11.5 Å². The van der Waals surface area contributed by atoms with E-state index in [1.165, 1.54) is 0 Å². The zero-order chi connectivity index (χ0) is 10.0. The van der Waals surface area contributed by atoms with Crippen LogP contribution in [0.25, 0.3) is 0 Å². The van der Waals surface area contributed by atoms with E-state index in [1.807, 2.05) is 0 Å². The highest BCUT2D eigenvalue weighted by Crippen LogP contribution is 2.21. The number of hydrogen-bond donors (Lipinski definition) is 2. The minimum absolute atomic E-state index is 0.410. The van der Waals surface area contributed by atoms with Gasteiger partial charge in [0.1, 0.15) is 0 Å². The molecule has 3 atom stereocenters. The number of rotatable bonds is 3. The van der Waals surface area contributed by atoms with Crippen molar-refractivity contribution in [1.82, 2.24) is 4.90 Å². The van der Waals surface area contributed by atoms with Crippen molar-refractivity contribution < 1.29 is 4.79 Å². The van der Waals surface area contributed by atoms with Crippen molar-refractivity contribution in [3.05, 3.63) is 0 Å². The van der Waals surface area contributed by atoms with Crippen LogP contribution in [0, 0.1) is 11.8 Å². The maximum Gasteiger partial charge on any atom is 0.235 e. The van der Waals surface area contributed by atoms with E-state index in [0.717, 1.165) is 13.1 Å². The van der Waals surface area contributed by atoms with E-state index in [2.05, 4.69) is 18.7 Å². The molecule has 4 N–H and O–H groups in total. The van der Waals surface area contributed by atoms with Gasteiger partial charge in [-0.15, -0.1) is 0 Å². The minimum Gasteiger partial charge on any atom is -0.368 e. The molecule has 0 aromatic heterocycles. The van der Waals surface area contributed by atoms with Crippen LogP contribution in [0.15, 0.2) is 0 Å². The van der Waals surface area contributed by atoms with Crippen molar-refractivity contribution in [2.24, 2.45) is 23.3 Å². The average molecular weight is 185 g/mol. The van der Waals surface area contributed by atoms with E-state index >= 15 is 0 Å². The summed E-state index contributed by atoms with van der Waals surface area (Å²) in [5.41, 5.74) is 10.7. The molecule has 0 aliphatic carbocycles. The van der Waals surface area contributed by atoms with Gasteiger partial charge in [0.05, 0.1) is 6.04 Å². The number of nitrogens with two attached hydrogens (primary N) is 2. The van der Waals surface area contributed by atoms with E-state index in [0.29, 0.717) is 18.4 Å². The standard InChI is InChI=1S/C9H19N3O/c1-6-3-12(4-7(6)2)5-8(10)9(11)13/h6-8H,3-5,10H2,1-2H3,(H2,11,13). The fraction of sp³-hybridized carbons (Fsp3) is 0.889. The molecule has 1 heterocycles. The highest BCUT2D eigenvalue weighted by atomic mass is 16.1. The molecule has 1 saturated heterocycles. The number of likely N-dealkylation sites (tertiary alicyclic amines) is 1. The van der Waals surface area contributed by atoms with Crippen LogP contribution in [0.3, 0.4) is 0 Å². The average Bonchev–Trinajstić information content (AvgIpc) is 2.31. The Kier molecular flexibility index (Phi) is 3.27. The maximum atomic E-state index is 10.7. The summed E-state index contributed by atoms with van der Waals surface area (Å²) in [6.07, 6.45) is 0. The molecule has 3 unspecified atom stereocenters. The molecule has 76 valence electrons. The normalized spacial score (nSPS) is 31.9.